The van der Waals surface area contributed by atoms with Crippen molar-refractivity contribution in [3.8, 4) is 0 Å². The molecule has 0 saturated heterocycles. The number of ketones is 1. The van der Waals surface area contributed by atoms with E-state index in [-0.39, 0.29) is 31.2 Å². The number of amides is 2. The number of aliphatic hydroxyl groups is 1. The van der Waals surface area contributed by atoms with E-state index in [9.17, 15) is 18.9 Å². The molecule has 0 aliphatic heterocycles. The summed E-state index contributed by atoms with van der Waals surface area (Å²) in [7, 11) is -0.522. The highest BCUT2D eigenvalue weighted by molar-refractivity contribution is 7.99. The second kappa shape index (κ2) is 13.9. The Morgan fingerprint density at radius 3 is 2.44 bits per heavy atom. The third-order valence-electron chi connectivity index (χ3n) is 2.98. The van der Waals surface area contributed by atoms with E-state index in [1.54, 1.807) is 27.7 Å². The van der Waals surface area contributed by atoms with Gasteiger partial charge in [0.1, 0.15) is 18.2 Å². The van der Waals surface area contributed by atoms with E-state index in [2.05, 4.69) is 15.2 Å². The number of carbonyl (C=O) groups is 3. The largest absolute Gasteiger partial charge is 0.444 e. The molecule has 27 heavy (non-hydrogen) atoms. The van der Waals surface area contributed by atoms with Gasteiger partial charge in [-0.05, 0) is 39.9 Å². The molecule has 0 fully saturated rings. The van der Waals surface area contributed by atoms with E-state index in [0.717, 1.165) is 0 Å². The van der Waals surface area contributed by atoms with Crippen LogP contribution in [0.1, 0.15) is 40.5 Å². The minimum Gasteiger partial charge on any atom is -0.444 e. The molecule has 0 heterocycles. The zero-order chi connectivity index (χ0) is 20.9. The molecular formula is C16H29N2O7PS. The lowest BCUT2D eigenvalue weighted by atomic mass is 10.2. The number of thioether (sulfide) groups is 1. The lowest BCUT2D eigenvalue weighted by molar-refractivity contribution is -0.123. The molecule has 2 atom stereocenters. The summed E-state index contributed by atoms with van der Waals surface area (Å²) in [6, 6.07) is -1.28. The number of hydrogen-bond acceptors (Lipinski definition) is 8. The van der Waals surface area contributed by atoms with Gasteiger partial charge >= 0.3 is 14.8 Å². The van der Waals surface area contributed by atoms with Gasteiger partial charge in [-0.1, -0.05) is 0 Å². The van der Waals surface area contributed by atoms with E-state index < -0.39 is 38.4 Å². The summed E-state index contributed by atoms with van der Waals surface area (Å²) in [5.41, 5.74) is -0.692. The number of nitrogens with one attached hydrogen (secondary N) is 2. The molecule has 0 unspecified atom stereocenters. The topological polar surface area (TPSA) is 131 Å². The second-order valence-corrected chi connectivity index (χ2v) is 8.41. The van der Waals surface area contributed by atoms with Crippen LogP contribution in [0.2, 0.25) is 0 Å². The van der Waals surface area contributed by atoms with Crippen LogP contribution in [-0.2, 0) is 23.4 Å². The number of ether oxygens (including phenoxy) is 1. The van der Waals surface area contributed by atoms with Crippen LogP contribution in [0.5, 0.6) is 0 Å². The number of carbonyl (C=O) groups excluding carboxylic acids is 3. The Labute approximate surface area is 165 Å². The quantitative estimate of drug-likeness (QED) is 0.301. The lowest BCUT2D eigenvalue weighted by Crippen LogP contribution is -2.52. The number of aliphatic hydroxyl groups excluding tert-OH is 1. The molecule has 0 rings (SSSR count). The summed E-state index contributed by atoms with van der Waals surface area (Å²) in [6.07, 6.45) is 0.139. The summed E-state index contributed by atoms with van der Waals surface area (Å²) >= 11 is 1.40. The van der Waals surface area contributed by atoms with Gasteiger partial charge in [-0.15, -0.1) is 0 Å². The number of alkyl carbamates (subject to hydrolysis) is 1. The van der Waals surface area contributed by atoms with Crippen molar-refractivity contribution in [3.63, 3.8) is 0 Å². The average Bonchev–Trinajstić information content (AvgIpc) is 2.56. The van der Waals surface area contributed by atoms with Crippen LogP contribution in [0.25, 0.3) is 0 Å². The van der Waals surface area contributed by atoms with Crippen molar-refractivity contribution in [2.24, 2.45) is 0 Å². The van der Waals surface area contributed by atoms with E-state index >= 15 is 0 Å². The van der Waals surface area contributed by atoms with E-state index in [0.29, 0.717) is 12.2 Å². The minimum absolute atomic E-state index is 0.156. The second-order valence-electron chi connectivity index (χ2n) is 6.86. The van der Waals surface area contributed by atoms with Crippen LogP contribution in [0.15, 0.2) is 0 Å². The monoisotopic (exact) mass is 424 g/mol. The van der Waals surface area contributed by atoms with Crippen molar-refractivity contribution in [3.05, 3.63) is 0 Å². The molecule has 9 nitrogen and oxygen atoms in total. The van der Waals surface area contributed by atoms with Crippen LogP contribution < -0.4 is 10.6 Å². The van der Waals surface area contributed by atoms with Crippen molar-refractivity contribution in [2.45, 2.75) is 58.2 Å². The maximum atomic E-state index is 12.3. The SMILES string of the molecule is C[C@@H](CO)NC(=O)[C@H](CSCCCC(=O)COP=O)NC(=O)OC(C)(C)C. The van der Waals surface area contributed by atoms with Crippen molar-refractivity contribution < 1.29 is 33.3 Å². The van der Waals surface area contributed by atoms with Crippen LogP contribution in [0.4, 0.5) is 4.79 Å². The van der Waals surface area contributed by atoms with Gasteiger partial charge < -0.3 is 20.5 Å². The van der Waals surface area contributed by atoms with Gasteiger partial charge in [0.25, 0.3) is 0 Å². The van der Waals surface area contributed by atoms with Gasteiger partial charge in [0.2, 0.25) is 5.91 Å². The molecule has 0 aliphatic rings. The Balaban J connectivity index is 4.49. The Morgan fingerprint density at radius 2 is 1.89 bits per heavy atom. The van der Waals surface area contributed by atoms with Crippen molar-refractivity contribution >= 4 is 38.2 Å². The van der Waals surface area contributed by atoms with Crippen LogP contribution in [-0.4, -0.2) is 65.3 Å². The first kappa shape index (κ1) is 25.8. The predicted molar refractivity (Wildman–Crippen MR) is 103 cm³/mol. The average molecular weight is 424 g/mol. The third-order valence-corrected chi connectivity index (χ3v) is 4.36. The number of rotatable bonds is 13. The summed E-state index contributed by atoms with van der Waals surface area (Å²) < 4.78 is 19.8. The molecule has 0 aromatic rings. The fraction of sp³-hybridized carbons (Fsp3) is 0.812. The van der Waals surface area contributed by atoms with Crippen molar-refractivity contribution in [1.82, 2.24) is 10.6 Å². The Bertz CT molecular complexity index is 500. The fourth-order valence-electron chi connectivity index (χ4n) is 1.76. The molecule has 2 amide bonds. The van der Waals surface area contributed by atoms with Gasteiger partial charge in [0.05, 0.1) is 6.61 Å². The first-order valence-electron chi connectivity index (χ1n) is 8.54. The molecule has 0 bridgehead atoms. The smallest absolute Gasteiger partial charge is 0.408 e. The van der Waals surface area contributed by atoms with E-state index in [1.165, 1.54) is 11.8 Å². The summed E-state index contributed by atoms with van der Waals surface area (Å²) in [5.74, 6) is 0.300. The Kier molecular flexibility index (Phi) is 13.2. The van der Waals surface area contributed by atoms with Crippen molar-refractivity contribution in [1.29, 1.82) is 0 Å². The zero-order valence-corrected chi connectivity index (χ0v) is 17.9. The van der Waals surface area contributed by atoms with Gasteiger partial charge in [-0.2, -0.15) is 11.8 Å². The Hall–Kier alpha value is -1.22. The Morgan fingerprint density at radius 1 is 1.22 bits per heavy atom. The fourth-order valence-corrected chi connectivity index (χ4v) is 2.95. The summed E-state index contributed by atoms with van der Waals surface area (Å²) in [5, 5.41) is 14.2. The van der Waals surface area contributed by atoms with Crippen LogP contribution in [0, 0.1) is 0 Å². The summed E-state index contributed by atoms with van der Waals surface area (Å²) in [6.45, 7) is 6.39. The van der Waals surface area contributed by atoms with Gasteiger partial charge in [-0.3, -0.25) is 14.1 Å². The molecular weight excluding hydrogens is 395 g/mol. The molecule has 0 spiro atoms. The normalized spacial score (nSPS) is 13.7. The highest BCUT2D eigenvalue weighted by Gasteiger charge is 2.25. The van der Waals surface area contributed by atoms with Crippen LogP contribution >= 0.6 is 20.4 Å². The highest BCUT2D eigenvalue weighted by atomic mass is 32.2. The molecule has 0 saturated carbocycles. The van der Waals surface area contributed by atoms with Gasteiger partial charge in [0, 0.05) is 18.2 Å². The first-order valence-corrected chi connectivity index (χ1v) is 10.4. The minimum atomic E-state index is -0.836. The molecule has 0 radical (unpaired) electrons. The maximum absolute atomic E-state index is 12.3. The lowest BCUT2D eigenvalue weighted by Gasteiger charge is -2.24. The molecule has 0 aromatic carbocycles. The molecule has 0 aromatic heterocycles. The standard InChI is InChI=1S/C16H29N2O7PS/c1-11(8-19)17-14(21)13(18-15(22)25-16(2,3)4)10-27-7-5-6-12(20)9-24-26-23/h11,13,19H,5-10H2,1-4H3,(H,17,21)(H,18,22)/t11-,13-/m0/s1. The molecule has 11 heteroatoms. The molecule has 156 valence electrons. The number of Topliss-reactive ketones (excluding diaryl/α,β-unsaturated/α-hetero) is 1. The van der Waals surface area contributed by atoms with E-state index in [4.69, 9.17) is 9.84 Å². The first-order chi connectivity index (χ1) is 12.6. The van der Waals surface area contributed by atoms with Crippen LogP contribution in [0.3, 0.4) is 0 Å². The van der Waals surface area contributed by atoms with Crippen molar-refractivity contribution in [2.75, 3.05) is 24.7 Å². The van der Waals surface area contributed by atoms with Gasteiger partial charge in [-0.25, -0.2) is 9.36 Å². The zero-order valence-electron chi connectivity index (χ0n) is 16.1. The number of hydrogen-bond donors (Lipinski definition) is 3. The molecule has 0 aliphatic carbocycles. The maximum Gasteiger partial charge on any atom is 0.408 e. The predicted octanol–water partition coefficient (Wildman–Crippen LogP) is 1.68. The highest BCUT2D eigenvalue weighted by Crippen LogP contribution is 2.11. The third kappa shape index (κ3) is 14.5. The van der Waals surface area contributed by atoms with Gasteiger partial charge in [0.15, 0.2) is 5.78 Å². The summed E-state index contributed by atoms with van der Waals surface area (Å²) in [4.78, 5) is 35.6. The molecule has 3 N–H and O–H groups in total. The van der Waals surface area contributed by atoms with E-state index in [1.807, 2.05) is 0 Å².